The first kappa shape index (κ1) is 17.5. The second-order valence-electron chi connectivity index (χ2n) is 5.24. The van der Waals surface area contributed by atoms with E-state index in [1.54, 1.807) is 6.08 Å². The Morgan fingerprint density at radius 2 is 1.63 bits per heavy atom. The Balaban J connectivity index is 4.26. The molecule has 0 radical (unpaired) electrons. The molecule has 0 aromatic rings. The molecule has 1 amide bonds. The first-order chi connectivity index (χ1) is 8.86. The number of rotatable bonds is 8. The molecule has 0 heterocycles. The monoisotopic (exact) mass is 271 g/mol. The van der Waals surface area contributed by atoms with Crippen molar-refractivity contribution in [3.05, 3.63) is 12.7 Å². The van der Waals surface area contributed by atoms with E-state index in [2.05, 4.69) is 11.9 Å². The molecule has 0 aromatic heterocycles. The van der Waals surface area contributed by atoms with Crippen LogP contribution < -0.4 is 5.32 Å². The lowest BCUT2D eigenvalue weighted by Gasteiger charge is -2.17. The maximum Gasteiger partial charge on any atom is 0.407 e. The largest absolute Gasteiger partial charge is 0.464 e. The third kappa shape index (κ3) is 9.11. The minimum Gasteiger partial charge on any atom is -0.464 e. The molecule has 5 nitrogen and oxygen atoms in total. The molecule has 0 aliphatic heterocycles. The molecule has 5 heteroatoms. The van der Waals surface area contributed by atoms with Crippen LogP contribution in [-0.2, 0) is 14.3 Å². The normalized spacial score (nSPS) is 12.1. The van der Waals surface area contributed by atoms with Gasteiger partial charge >= 0.3 is 12.1 Å². The predicted molar refractivity (Wildman–Crippen MR) is 73.7 cm³/mol. The van der Waals surface area contributed by atoms with Crippen LogP contribution in [0.1, 0.15) is 34.1 Å². The topological polar surface area (TPSA) is 64.6 Å². The summed E-state index contributed by atoms with van der Waals surface area (Å²) in [6.07, 6.45) is 1.26. The lowest BCUT2D eigenvalue weighted by molar-refractivity contribution is -0.147. The number of carbonyl (C=O) groups is 2. The molecule has 0 bridgehead atoms. The summed E-state index contributed by atoms with van der Waals surface area (Å²) < 4.78 is 10.1. The highest BCUT2D eigenvalue weighted by Crippen LogP contribution is 2.01. The maximum atomic E-state index is 11.8. The van der Waals surface area contributed by atoms with Crippen LogP contribution in [0, 0.1) is 11.8 Å². The van der Waals surface area contributed by atoms with E-state index in [-0.39, 0.29) is 11.8 Å². The molecule has 19 heavy (non-hydrogen) atoms. The van der Waals surface area contributed by atoms with Crippen LogP contribution in [0.25, 0.3) is 0 Å². The molecular formula is C14H25NO4. The van der Waals surface area contributed by atoms with Crippen molar-refractivity contribution in [1.82, 2.24) is 5.32 Å². The molecule has 0 aromatic carbocycles. The summed E-state index contributed by atoms with van der Waals surface area (Å²) in [7, 11) is 0. The van der Waals surface area contributed by atoms with Crippen LogP contribution >= 0.6 is 0 Å². The van der Waals surface area contributed by atoms with Gasteiger partial charge in [0.15, 0.2) is 0 Å². The third-order valence-electron chi connectivity index (χ3n) is 2.09. The van der Waals surface area contributed by atoms with Crippen LogP contribution in [0.15, 0.2) is 12.7 Å². The van der Waals surface area contributed by atoms with E-state index in [0.29, 0.717) is 19.6 Å². The molecule has 0 saturated carbocycles. The van der Waals surface area contributed by atoms with E-state index in [1.165, 1.54) is 0 Å². The van der Waals surface area contributed by atoms with Gasteiger partial charge in [-0.05, 0) is 18.3 Å². The highest BCUT2D eigenvalue weighted by Gasteiger charge is 2.22. The molecule has 1 atom stereocenters. The van der Waals surface area contributed by atoms with E-state index < -0.39 is 18.1 Å². The number of carbonyl (C=O) groups excluding carboxylic acids is 2. The van der Waals surface area contributed by atoms with Crippen LogP contribution in [0.4, 0.5) is 4.79 Å². The molecule has 1 unspecified atom stereocenters. The van der Waals surface area contributed by atoms with Crippen molar-refractivity contribution in [3.63, 3.8) is 0 Å². The minimum atomic E-state index is -0.740. The van der Waals surface area contributed by atoms with Crippen LogP contribution in [0.2, 0.25) is 0 Å². The van der Waals surface area contributed by atoms with Gasteiger partial charge in [0.05, 0.1) is 13.2 Å². The second kappa shape index (κ2) is 9.42. The van der Waals surface area contributed by atoms with Crippen molar-refractivity contribution in [3.8, 4) is 0 Å². The SMILES string of the molecule is C=CCC(NC(=O)OCC(C)C)C(=O)OCC(C)C. The Bertz CT molecular complexity index is 300. The van der Waals surface area contributed by atoms with Gasteiger partial charge in [-0.25, -0.2) is 9.59 Å². The minimum absolute atomic E-state index is 0.247. The van der Waals surface area contributed by atoms with Crippen molar-refractivity contribution < 1.29 is 19.1 Å². The number of esters is 1. The van der Waals surface area contributed by atoms with Gasteiger partial charge in [-0.1, -0.05) is 33.8 Å². The van der Waals surface area contributed by atoms with E-state index >= 15 is 0 Å². The predicted octanol–water partition coefficient (Wildman–Crippen LogP) is 2.51. The second-order valence-corrected chi connectivity index (χ2v) is 5.24. The van der Waals surface area contributed by atoms with Crippen molar-refractivity contribution >= 4 is 12.1 Å². The van der Waals surface area contributed by atoms with Gasteiger partial charge in [-0.3, -0.25) is 0 Å². The van der Waals surface area contributed by atoms with Gasteiger partial charge < -0.3 is 14.8 Å². The zero-order valence-corrected chi connectivity index (χ0v) is 12.3. The van der Waals surface area contributed by atoms with Gasteiger partial charge in [0.2, 0.25) is 0 Å². The lowest BCUT2D eigenvalue weighted by Crippen LogP contribution is -2.42. The Morgan fingerprint density at radius 1 is 1.11 bits per heavy atom. The standard InChI is InChI=1S/C14H25NO4/c1-6-7-12(13(16)18-8-10(2)3)15-14(17)19-9-11(4)5/h6,10-12H,1,7-9H2,2-5H3,(H,15,17). The molecule has 1 N–H and O–H groups in total. The van der Waals surface area contributed by atoms with E-state index in [9.17, 15) is 9.59 Å². The number of ether oxygens (including phenoxy) is 2. The summed E-state index contributed by atoms with van der Waals surface area (Å²) in [6, 6.07) is -0.740. The molecule has 0 aliphatic carbocycles. The summed E-state index contributed by atoms with van der Waals surface area (Å²) in [5, 5.41) is 2.49. The van der Waals surface area contributed by atoms with Crippen LogP contribution in [-0.4, -0.2) is 31.3 Å². The fourth-order valence-corrected chi connectivity index (χ4v) is 1.16. The van der Waals surface area contributed by atoms with Crippen molar-refractivity contribution in [1.29, 1.82) is 0 Å². The Morgan fingerprint density at radius 3 is 2.11 bits per heavy atom. The average Bonchev–Trinajstić information content (AvgIpc) is 2.32. The molecular weight excluding hydrogens is 246 g/mol. The van der Waals surface area contributed by atoms with Crippen molar-refractivity contribution in [2.45, 2.75) is 40.2 Å². The zero-order valence-electron chi connectivity index (χ0n) is 12.3. The fourth-order valence-electron chi connectivity index (χ4n) is 1.16. The summed E-state index contributed by atoms with van der Waals surface area (Å²) >= 11 is 0. The molecule has 0 fully saturated rings. The molecule has 110 valence electrons. The Hall–Kier alpha value is -1.52. The van der Waals surface area contributed by atoms with Gasteiger partial charge in [0.25, 0.3) is 0 Å². The Labute approximate surface area is 115 Å². The maximum absolute atomic E-state index is 11.8. The van der Waals surface area contributed by atoms with Gasteiger partial charge in [-0.15, -0.1) is 6.58 Å². The molecule has 0 saturated heterocycles. The summed E-state index contributed by atoms with van der Waals surface area (Å²) in [5.41, 5.74) is 0. The molecule has 0 rings (SSSR count). The zero-order chi connectivity index (χ0) is 14.8. The van der Waals surface area contributed by atoms with Gasteiger partial charge in [-0.2, -0.15) is 0 Å². The number of hydrogen-bond donors (Lipinski definition) is 1. The summed E-state index contributed by atoms with van der Waals surface area (Å²) in [5.74, 6) is 0.0350. The van der Waals surface area contributed by atoms with Crippen molar-refractivity contribution in [2.24, 2.45) is 11.8 Å². The fraction of sp³-hybridized carbons (Fsp3) is 0.714. The number of nitrogens with one attached hydrogen (secondary N) is 1. The summed E-state index contributed by atoms with van der Waals surface area (Å²) in [4.78, 5) is 23.3. The smallest absolute Gasteiger partial charge is 0.407 e. The van der Waals surface area contributed by atoms with Crippen LogP contribution in [0.3, 0.4) is 0 Å². The van der Waals surface area contributed by atoms with E-state index in [0.717, 1.165) is 0 Å². The first-order valence-electron chi connectivity index (χ1n) is 6.57. The third-order valence-corrected chi connectivity index (χ3v) is 2.09. The summed E-state index contributed by atoms with van der Waals surface area (Å²) in [6.45, 7) is 12.0. The lowest BCUT2D eigenvalue weighted by atomic mass is 10.2. The number of amides is 1. The quantitative estimate of drug-likeness (QED) is 0.544. The van der Waals surface area contributed by atoms with Crippen molar-refractivity contribution in [2.75, 3.05) is 13.2 Å². The first-order valence-corrected chi connectivity index (χ1v) is 6.57. The Kier molecular flexibility index (Phi) is 8.66. The van der Waals surface area contributed by atoms with Crippen LogP contribution in [0.5, 0.6) is 0 Å². The highest BCUT2D eigenvalue weighted by atomic mass is 16.6. The van der Waals surface area contributed by atoms with E-state index in [1.807, 2.05) is 27.7 Å². The van der Waals surface area contributed by atoms with E-state index in [4.69, 9.17) is 9.47 Å². The van der Waals surface area contributed by atoms with Gasteiger partial charge in [0, 0.05) is 0 Å². The number of alkyl carbamates (subject to hydrolysis) is 1. The van der Waals surface area contributed by atoms with Gasteiger partial charge in [0.1, 0.15) is 6.04 Å². The highest BCUT2D eigenvalue weighted by molar-refractivity contribution is 5.81. The average molecular weight is 271 g/mol. The number of hydrogen-bond acceptors (Lipinski definition) is 4. The molecule has 0 aliphatic rings. The molecule has 0 spiro atoms.